The van der Waals surface area contributed by atoms with Gasteiger partial charge in [0.05, 0.1) is 0 Å². The van der Waals surface area contributed by atoms with Gasteiger partial charge in [0.1, 0.15) is 0 Å². The molecule has 5 nitrogen and oxygen atoms in total. The minimum atomic E-state index is -3.25. The Morgan fingerprint density at radius 1 is 1.05 bits per heavy atom. The molecule has 1 aliphatic carbocycles. The van der Waals surface area contributed by atoms with Crippen LogP contribution in [0, 0.1) is 11.8 Å². The monoisotopic (exact) mass is 301 g/mol. The number of hydrogen-bond acceptors (Lipinski definition) is 3. The number of nitrogens with zero attached hydrogens (tertiary/aromatic N) is 2. The van der Waals surface area contributed by atoms with Crippen LogP contribution in [0.2, 0.25) is 0 Å². The third-order valence-corrected chi connectivity index (χ3v) is 7.35. The van der Waals surface area contributed by atoms with Gasteiger partial charge in [0.2, 0.25) is 0 Å². The summed E-state index contributed by atoms with van der Waals surface area (Å²) in [6.07, 6.45) is 6.85. The molecule has 6 heteroatoms. The molecular weight excluding hydrogens is 274 g/mol. The number of piperidine rings is 1. The summed E-state index contributed by atoms with van der Waals surface area (Å²) in [6, 6.07) is 0.138. The van der Waals surface area contributed by atoms with Gasteiger partial charge in [-0.15, -0.1) is 0 Å². The zero-order chi connectivity index (χ0) is 14.2. The van der Waals surface area contributed by atoms with E-state index < -0.39 is 10.2 Å². The summed E-state index contributed by atoms with van der Waals surface area (Å²) < 4.78 is 29.4. The number of fused-ring (bicyclic) bond motifs is 1. The second-order valence-corrected chi connectivity index (χ2v) is 8.47. The molecule has 3 rings (SSSR count). The predicted octanol–water partition coefficient (Wildman–Crippen LogP) is 1.04. The third-order valence-electron chi connectivity index (χ3n) is 5.33. The van der Waals surface area contributed by atoms with Gasteiger partial charge < -0.3 is 5.32 Å². The molecule has 2 heterocycles. The zero-order valence-electron chi connectivity index (χ0n) is 12.4. The highest BCUT2D eigenvalue weighted by atomic mass is 32.2. The summed E-state index contributed by atoms with van der Waals surface area (Å²) in [5.74, 6) is 1.25. The summed E-state index contributed by atoms with van der Waals surface area (Å²) in [7, 11) is -1.35. The van der Waals surface area contributed by atoms with Crippen molar-refractivity contribution >= 4 is 10.2 Å². The summed E-state index contributed by atoms with van der Waals surface area (Å²) in [4.78, 5) is 0. The van der Waals surface area contributed by atoms with Crippen molar-refractivity contribution in [1.29, 1.82) is 0 Å². The van der Waals surface area contributed by atoms with Crippen LogP contribution in [-0.2, 0) is 10.2 Å². The standard InChI is InChI=1S/C14H27N3O2S/c1-15-9-14-7-2-3-8-17(14)20(18,19)16-10-12-5-4-6-13(12)11-16/h12-15H,2-11H2,1H3. The van der Waals surface area contributed by atoms with Crippen LogP contribution >= 0.6 is 0 Å². The Morgan fingerprint density at radius 3 is 2.40 bits per heavy atom. The fourth-order valence-corrected chi connectivity index (χ4v) is 6.22. The van der Waals surface area contributed by atoms with Crippen LogP contribution in [0.25, 0.3) is 0 Å². The Hall–Kier alpha value is -0.170. The van der Waals surface area contributed by atoms with Crippen LogP contribution < -0.4 is 5.32 Å². The Bertz CT molecular complexity index is 426. The lowest BCUT2D eigenvalue weighted by molar-refractivity contribution is 0.231. The van der Waals surface area contributed by atoms with E-state index in [2.05, 4.69) is 5.32 Å². The van der Waals surface area contributed by atoms with E-state index in [1.807, 2.05) is 7.05 Å². The van der Waals surface area contributed by atoms with Crippen molar-refractivity contribution in [2.75, 3.05) is 33.2 Å². The average molecular weight is 301 g/mol. The Morgan fingerprint density at radius 2 is 1.75 bits per heavy atom. The van der Waals surface area contributed by atoms with E-state index in [0.717, 1.165) is 38.9 Å². The van der Waals surface area contributed by atoms with Gasteiger partial charge in [0, 0.05) is 32.2 Å². The molecule has 0 aromatic carbocycles. The van der Waals surface area contributed by atoms with Crippen molar-refractivity contribution in [1.82, 2.24) is 13.9 Å². The van der Waals surface area contributed by atoms with Gasteiger partial charge in [0.15, 0.2) is 0 Å². The van der Waals surface area contributed by atoms with E-state index >= 15 is 0 Å². The normalized spacial score (nSPS) is 36.4. The van der Waals surface area contributed by atoms with Crippen molar-refractivity contribution in [2.45, 2.75) is 44.6 Å². The van der Waals surface area contributed by atoms with Crippen molar-refractivity contribution in [3.05, 3.63) is 0 Å². The molecule has 0 spiro atoms. The number of likely N-dealkylation sites (N-methyl/N-ethyl adjacent to an activating group) is 1. The molecule has 3 aliphatic rings. The van der Waals surface area contributed by atoms with Crippen molar-refractivity contribution in [2.24, 2.45) is 11.8 Å². The van der Waals surface area contributed by atoms with E-state index in [1.54, 1.807) is 8.61 Å². The highest BCUT2D eigenvalue weighted by Crippen LogP contribution is 2.39. The fourth-order valence-electron chi connectivity index (χ4n) is 4.25. The first-order valence-electron chi connectivity index (χ1n) is 8.04. The summed E-state index contributed by atoms with van der Waals surface area (Å²) >= 11 is 0. The maximum absolute atomic E-state index is 12.9. The van der Waals surface area contributed by atoms with Gasteiger partial charge in [0.25, 0.3) is 10.2 Å². The molecule has 20 heavy (non-hydrogen) atoms. The maximum atomic E-state index is 12.9. The minimum Gasteiger partial charge on any atom is -0.318 e. The first-order chi connectivity index (χ1) is 9.63. The molecule has 0 aromatic heterocycles. The molecule has 0 aromatic rings. The molecule has 116 valence electrons. The Balaban J connectivity index is 1.73. The Kier molecular flexibility index (Phi) is 4.36. The van der Waals surface area contributed by atoms with Gasteiger partial charge in [-0.1, -0.05) is 12.8 Å². The summed E-state index contributed by atoms with van der Waals surface area (Å²) in [5.41, 5.74) is 0. The lowest BCUT2D eigenvalue weighted by atomic mass is 10.0. The van der Waals surface area contributed by atoms with Crippen molar-refractivity contribution in [3.8, 4) is 0 Å². The van der Waals surface area contributed by atoms with Crippen LogP contribution in [0.1, 0.15) is 38.5 Å². The molecule has 0 radical (unpaired) electrons. The second-order valence-electron chi connectivity index (χ2n) is 6.59. The molecule has 0 amide bonds. The van der Waals surface area contributed by atoms with E-state index in [4.69, 9.17) is 0 Å². The highest BCUT2D eigenvalue weighted by molar-refractivity contribution is 7.86. The fraction of sp³-hybridized carbons (Fsp3) is 1.00. The smallest absolute Gasteiger partial charge is 0.282 e. The first-order valence-corrected chi connectivity index (χ1v) is 9.44. The quantitative estimate of drug-likeness (QED) is 0.844. The maximum Gasteiger partial charge on any atom is 0.282 e. The molecular formula is C14H27N3O2S. The van der Waals surface area contributed by atoms with Gasteiger partial charge in [-0.25, -0.2) is 0 Å². The van der Waals surface area contributed by atoms with Gasteiger partial charge in [-0.05, 0) is 44.6 Å². The van der Waals surface area contributed by atoms with Crippen LogP contribution in [0.4, 0.5) is 0 Å². The third kappa shape index (κ3) is 2.63. The zero-order valence-corrected chi connectivity index (χ0v) is 13.2. The topological polar surface area (TPSA) is 52.7 Å². The molecule has 1 N–H and O–H groups in total. The van der Waals surface area contributed by atoms with Crippen LogP contribution in [0.5, 0.6) is 0 Å². The van der Waals surface area contributed by atoms with Crippen molar-refractivity contribution in [3.63, 3.8) is 0 Å². The predicted molar refractivity (Wildman–Crippen MR) is 79.6 cm³/mol. The molecule has 0 bridgehead atoms. The number of nitrogens with one attached hydrogen (secondary N) is 1. The van der Waals surface area contributed by atoms with Gasteiger partial charge in [-0.3, -0.25) is 0 Å². The lowest BCUT2D eigenvalue weighted by Gasteiger charge is -2.37. The Labute approximate surface area is 122 Å². The SMILES string of the molecule is CNCC1CCCCN1S(=O)(=O)N1CC2CCCC2C1. The van der Waals surface area contributed by atoms with E-state index in [0.29, 0.717) is 18.4 Å². The average Bonchev–Trinajstić information content (AvgIpc) is 3.00. The number of rotatable bonds is 4. The molecule has 1 saturated carbocycles. The molecule has 2 aliphatic heterocycles. The van der Waals surface area contributed by atoms with E-state index in [-0.39, 0.29) is 6.04 Å². The lowest BCUT2D eigenvalue weighted by Crippen LogP contribution is -2.53. The summed E-state index contributed by atoms with van der Waals surface area (Å²) in [6.45, 7) is 2.98. The van der Waals surface area contributed by atoms with Crippen molar-refractivity contribution < 1.29 is 8.42 Å². The minimum absolute atomic E-state index is 0.138. The first kappa shape index (κ1) is 14.8. The molecule has 3 atom stereocenters. The highest BCUT2D eigenvalue weighted by Gasteiger charge is 2.44. The van der Waals surface area contributed by atoms with Gasteiger partial charge >= 0.3 is 0 Å². The van der Waals surface area contributed by atoms with Crippen LogP contribution in [-0.4, -0.2) is 56.3 Å². The largest absolute Gasteiger partial charge is 0.318 e. The molecule has 2 saturated heterocycles. The van der Waals surface area contributed by atoms with Crippen LogP contribution in [0.3, 0.4) is 0 Å². The summed E-state index contributed by atoms with van der Waals surface area (Å²) in [5, 5.41) is 3.15. The second kappa shape index (κ2) is 5.91. The van der Waals surface area contributed by atoms with Gasteiger partial charge in [-0.2, -0.15) is 17.0 Å². The van der Waals surface area contributed by atoms with Crippen LogP contribution in [0.15, 0.2) is 0 Å². The molecule has 3 unspecified atom stereocenters. The molecule has 3 fully saturated rings. The van der Waals surface area contributed by atoms with E-state index in [1.165, 1.54) is 19.3 Å². The van der Waals surface area contributed by atoms with E-state index in [9.17, 15) is 8.42 Å². The number of hydrogen-bond donors (Lipinski definition) is 1.